The molecule has 5 nitrogen and oxygen atoms in total. The second-order valence-electron chi connectivity index (χ2n) is 5.34. The predicted octanol–water partition coefficient (Wildman–Crippen LogP) is 2.94. The van der Waals surface area contributed by atoms with Gasteiger partial charge in [0.15, 0.2) is 5.82 Å². The van der Waals surface area contributed by atoms with E-state index in [9.17, 15) is 0 Å². The largest absolute Gasteiger partial charge is 0.338 e. The normalized spacial score (nSPS) is 13.3. The van der Waals surface area contributed by atoms with Crippen LogP contribution in [0.4, 0.5) is 0 Å². The Morgan fingerprint density at radius 1 is 1.50 bits per heavy atom. The Balaban J connectivity index is 0.00000200. The highest BCUT2D eigenvalue weighted by molar-refractivity contribution is 7.10. The molecule has 0 saturated carbocycles. The van der Waals surface area contributed by atoms with E-state index < -0.39 is 5.54 Å². The molecule has 0 saturated heterocycles. The lowest BCUT2D eigenvalue weighted by molar-refractivity contribution is 0.218. The van der Waals surface area contributed by atoms with Crippen LogP contribution in [0.25, 0.3) is 0 Å². The molecular formula is C13H21ClN4OS. The van der Waals surface area contributed by atoms with Gasteiger partial charge >= 0.3 is 0 Å². The van der Waals surface area contributed by atoms with Crippen molar-refractivity contribution in [3.8, 4) is 0 Å². The third-order valence-electron chi connectivity index (χ3n) is 3.05. The molecule has 0 bridgehead atoms. The number of hydrogen-bond acceptors (Lipinski definition) is 6. The van der Waals surface area contributed by atoms with Crippen LogP contribution in [0.5, 0.6) is 0 Å². The van der Waals surface area contributed by atoms with Crippen LogP contribution in [0.2, 0.25) is 0 Å². The van der Waals surface area contributed by atoms with E-state index in [-0.39, 0.29) is 12.4 Å². The average Bonchev–Trinajstić information content (AvgIpc) is 2.97. The van der Waals surface area contributed by atoms with Gasteiger partial charge in [0.2, 0.25) is 5.89 Å². The highest BCUT2D eigenvalue weighted by atomic mass is 35.5. The maximum atomic E-state index is 5.94. The number of hydrogen-bond donors (Lipinski definition) is 1. The van der Waals surface area contributed by atoms with Gasteiger partial charge in [0, 0.05) is 10.9 Å². The topological polar surface area (TPSA) is 68.2 Å². The van der Waals surface area contributed by atoms with Gasteiger partial charge in [-0.1, -0.05) is 11.2 Å². The van der Waals surface area contributed by atoms with Crippen LogP contribution in [-0.4, -0.2) is 22.1 Å². The summed E-state index contributed by atoms with van der Waals surface area (Å²) in [5, 5.41) is 6.01. The van der Waals surface area contributed by atoms with E-state index in [2.05, 4.69) is 39.5 Å². The summed E-state index contributed by atoms with van der Waals surface area (Å²) >= 11 is 1.75. The second-order valence-corrected chi connectivity index (χ2v) is 6.32. The molecular weight excluding hydrogens is 296 g/mol. The van der Waals surface area contributed by atoms with Gasteiger partial charge in [-0.2, -0.15) is 4.98 Å². The Morgan fingerprint density at radius 3 is 2.70 bits per heavy atom. The molecule has 0 radical (unpaired) electrons. The van der Waals surface area contributed by atoms with Gasteiger partial charge < -0.3 is 10.3 Å². The average molecular weight is 317 g/mol. The van der Waals surface area contributed by atoms with Gasteiger partial charge in [0.1, 0.15) is 0 Å². The van der Waals surface area contributed by atoms with E-state index in [1.807, 2.05) is 20.9 Å². The molecule has 1 atom stereocenters. The van der Waals surface area contributed by atoms with Crippen molar-refractivity contribution in [1.82, 2.24) is 15.0 Å². The van der Waals surface area contributed by atoms with E-state index in [4.69, 9.17) is 10.3 Å². The van der Waals surface area contributed by atoms with E-state index in [0.717, 1.165) is 0 Å². The van der Waals surface area contributed by atoms with Crippen LogP contribution >= 0.6 is 23.7 Å². The summed E-state index contributed by atoms with van der Waals surface area (Å²) in [5.74, 6) is 1.14. The lowest BCUT2D eigenvalue weighted by Gasteiger charge is -2.21. The lowest BCUT2D eigenvalue weighted by atomic mass is 10.1. The smallest absolute Gasteiger partial charge is 0.240 e. The molecule has 112 valence electrons. The first kappa shape index (κ1) is 17.1. The molecule has 2 heterocycles. The first-order valence-electron chi connectivity index (χ1n) is 6.23. The van der Waals surface area contributed by atoms with Crippen molar-refractivity contribution in [2.75, 3.05) is 7.05 Å². The number of halogens is 1. The van der Waals surface area contributed by atoms with Gasteiger partial charge in [-0.15, -0.1) is 23.7 Å². The van der Waals surface area contributed by atoms with Crippen LogP contribution in [0.15, 0.2) is 22.0 Å². The molecule has 0 aliphatic rings. The number of nitrogens with zero attached hydrogens (tertiary/aromatic N) is 3. The molecule has 2 aromatic heterocycles. The number of nitrogens with two attached hydrogens (primary N) is 1. The minimum atomic E-state index is -0.570. The quantitative estimate of drug-likeness (QED) is 0.918. The Hall–Kier alpha value is -0.950. The van der Waals surface area contributed by atoms with Crippen LogP contribution in [0.3, 0.4) is 0 Å². The molecule has 0 fully saturated rings. The number of rotatable bonds is 5. The van der Waals surface area contributed by atoms with E-state index in [1.54, 1.807) is 11.3 Å². The second kappa shape index (κ2) is 6.67. The molecule has 2 N–H and O–H groups in total. The van der Waals surface area contributed by atoms with E-state index in [0.29, 0.717) is 24.3 Å². The predicted molar refractivity (Wildman–Crippen MR) is 83.0 cm³/mol. The van der Waals surface area contributed by atoms with Crippen LogP contribution in [-0.2, 0) is 12.1 Å². The third-order valence-corrected chi connectivity index (χ3v) is 4.09. The standard InChI is InChI=1S/C13H20N4OS.ClH/c1-9(10-6-5-7-19-10)17(4)8-11-15-12(16-18-11)13(2,3)14;/h5-7,9H,8,14H2,1-4H3;1H. The number of aromatic nitrogens is 2. The summed E-state index contributed by atoms with van der Waals surface area (Å²) in [5.41, 5.74) is 5.37. The summed E-state index contributed by atoms with van der Waals surface area (Å²) in [6.07, 6.45) is 0. The summed E-state index contributed by atoms with van der Waals surface area (Å²) in [6, 6.07) is 4.52. The lowest BCUT2D eigenvalue weighted by Crippen LogP contribution is -2.30. The summed E-state index contributed by atoms with van der Waals surface area (Å²) in [4.78, 5) is 7.84. The third kappa shape index (κ3) is 4.02. The Bertz CT molecular complexity index is 521. The van der Waals surface area contributed by atoms with Crippen molar-refractivity contribution in [2.24, 2.45) is 5.73 Å². The van der Waals surface area contributed by atoms with Gasteiger partial charge in [0.25, 0.3) is 0 Å². The van der Waals surface area contributed by atoms with E-state index >= 15 is 0 Å². The first-order valence-corrected chi connectivity index (χ1v) is 7.11. The van der Waals surface area contributed by atoms with Crippen molar-refractivity contribution < 1.29 is 4.52 Å². The summed E-state index contributed by atoms with van der Waals surface area (Å²) in [6.45, 7) is 6.50. The van der Waals surface area contributed by atoms with Gasteiger partial charge in [-0.05, 0) is 39.3 Å². The fourth-order valence-electron chi connectivity index (χ4n) is 1.68. The molecule has 0 aliphatic carbocycles. The Labute approximate surface area is 129 Å². The monoisotopic (exact) mass is 316 g/mol. The summed E-state index contributed by atoms with van der Waals surface area (Å²) in [7, 11) is 2.04. The molecule has 0 spiro atoms. The fraction of sp³-hybridized carbons (Fsp3) is 0.538. The molecule has 2 rings (SSSR count). The fourth-order valence-corrected chi connectivity index (χ4v) is 2.53. The Morgan fingerprint density at radius 2 is 2.20 bits per heavy atom. The van der Waals surface area contributed by atoms with Crippen molar-refractivity contribution in [1.29, 1.82) is 0 Å². The highest BCUT2D eigenvalue weighted by Crippen LogP contribution is 2.24. The van der Waals surface area contributed by atoms with Gasteiger partial charge in [0.05, 0.1) is 12.1 Å². The molecule has 0 amide bonds. The van der Waals surface area contributed by atoms with Crippen molar-refractivity contribution in [3.05, 3.63) is 34.1 Å². The van der Waals surface area contributed by atoms with Crippen LogP contribution < -0.4 is 5.73 Å². The molecule has 1 unspecified atom stereocenters. The minimum absolute atomic E-state index is 0. The zero-order valence-corrected chi connectivity index (χ0v) is 13.8. The van der Waals surface area contributed by atoms with Crippen molar-refractivity contribution in [2.45, 2.75) is 38.9 Å². The van der Waals surface area contributed by atoms with Crippen LogP contribution in [0, 0.1) is 0 Å². The Kier molecular flexibility index (Phi) is 5.70. The molecule has 0 aromatic carbocycles. The van der Waals surface area contributed by atoms with Gasteiger partial charge in [-0.3, -0.25) is 4.90 Å². The van der Waals surface area contributed by atoms with Crippen LogP contribution in [0.1, 0.15) is 43.4 Å². The zero-order chi connectivity index (χ0) is 14.0. The minimum Gasteiger partial charge on any atom is -0.338 e. The maximum absolute atomic E-state index is 5.94. The van der Waals surface area contributed by atoms with Crippen molar-refractivity contribution >= 4 is 23.7 Å². The number of thiophene rings is 1. The molecule has 0 aliphatic heterocycles. The van der Waals surface area contributed by atoms with Crippen molar-refractivity contribution in [3.63, 3.8) is 0 Å². The molecule has 7 heteroatoms. The van der Waals surface area contributed by atoms with E-state index in [1.165, 1.54) is 4.88 Å². The first-order chi connectivity index (χ1) is 8.88. The highest BCUT2D eigenvalue weighted by Gasteiger charge is 2.22. The van der Waals surface area contributed by atoms with Gasteiger partial charge in [-0.25, -0.2) is 0 Å². The maximum Gasteiger partial charge on any atom is 0.240 e. The molecule has 2 aromatic rings. The SMILES string of the molecule is CC(c1cccs1)N(C)Cc1nc(C(C)(C)N)no1.Cl. The molecule has 20 heavy (non-hydrogen) atoms. The summed E-state index contributed by atoms with van der Waals surface area (Å²) < 4.78 is 5.25. The zero-order valence-electron chi connectivity index (χ0n) is 12.2.